The first-order chi connectivity index (χ1) is 3.34. The van der Waals surface area contributed by atoms with Crippen LogP contribution in [0.1, 0.15) is 12.8 Å². The molecule has 46 valence electrons. The van der Waals surface area contributed by atoms with Crippen LogP contribution in [0.5, 0.6) is 0 Å². The Morgan fingerprint density at radius 3 is 2.25 bits per heavy atom. The molecule has 1 aliphatic rings. The van der Waals surface area contributed by atoms with Crippen molar-refractivity contribution in [3.8, 4) is 12.3 Å². The second-order valence-corrected chi connectivity index (χ2v) is 2.03. The van der Waals surface area contributed by atoms with E-state index in [9.17, 15) is 0 Å². The summed E-state index contributed by atoms with van der Waals surface area (Å²) < 4.78 is 0. The molecule has 2 N–H and O–H groups in total. The quantitative estimate of drug-likeness (QED) is 0.523. The van der Waals surface area contributed by atoms with E-state index >= 15 is 0 Å². The fourth-order valence-electron chi connectivity index (χ4n) is 0.591. The zero-order valence-electron chi connectivity index (χ0n) is 4.63. The third kappa shape index (κ3) is 1.73. The average molecular weight is 132 g/mol. The number of halogens is 1. The van der Waals surface area contributed by atoms with Gasteiger partial charge in [-0.1, -0.05) is 5.92 Å². The van der Waals surface area contributed by atoms with Gasteiger partial charge in [-0.05, 0) is 18.8 Å². The van der Waals surface area contributed by atoms with E-state index in [1.807, 2.05) is 0 Å². The first-order valence-electron chi connectivity index (χ1n) is 2.56. The van der Waals surface area contributed by atoms with E-state index in [0.29, 0.717) is 5.92 Å². The minimum atomic E-state index is 0. The second-order valence-electron chi connectivity index (χ2n) is 2.03. The number of rotatable bonds is 1. The average Bonchev–Trinajstić information content (AvgIpc) is 2.44. The molecule has 0 aromatic rings. The molecule has 0 amide bonds. The lowest BCUT2D eigenvalue weighted by molar-refractivity contribution is 0.732. The summed E-state index contributed by atoms with van der Waals surface area (Å²) in [6.45, 7) is 0. The predicted molar refractivity (Wildman–Crippen MR) is 36.8 cm³/mol. The van der Waals surface area contributed by atoms with Crippen LogP contribution in [0.3, 0.4) is 0 Å². The van der Waals surface area contributed by atoms with Crippen LogP contribution in [0.4, 0.5) is 0 Å². The normalized spacial score (nSPS) is 20.5. The Balaban J connectivity index is 0.000000490. The number of hydrogen-bond acceptors (Lipinski definition) is 1. The predicted octanol–water partition coefficient (Wildman–Crippen LogP) is 0.779. The molecule has 0 heterocycles. The highest BCUT2D eigenvalue weighted by Gasteiger charge is 2.26. The van der Waals surface area contributed by atoms with E-state index in [1.54, 1.807) is 0 Å². The van der Waals surface area contributed by atoms with Gasteiger partial charge in [-0.2, -0.15) is 0 Å². The van der Waals surface area contributed by atoms with Crippen LogP contribution in [0.25, 0.3) is 0 Å². The monoisotopic (exact) mass is 131 g/mol. The largest absolute Gasteiger partial charge is 0.317 e. The molecule has 0 saturated heterocycles. The maximum absolute atomic E-state index is 5.44. The number of hydrogen-bond donors (Lipinski definition) is 1. The van der Waals surface area contributed by atoms with Gasteiger partial charge < -0.3 is 5.73 Å². The van der Waals surface area contributed by atoms with Crippen LogP contribution < -0.4 is 5.73 Å². The van der Waals surface area contributed by atoms with Crippen LogP contribution >= 0.6 is 12.4 Å². The van der Waals surface area contributed by atoms with E-state index in [4.69, 9.17) is 12.2 Å². The molecule has 0 aromatic heterocycles. The molecule has 0 bridgehead atoms. The van der Waals surface area contributed by atoms with Crippen molar-refractivity contribution in [3.63, 3.8) is 0 Å². The molecule has 0 aromatic carbocycles. The molecule has 8 heavy (non-hydrogen) atoms. The molecule has 0 spiro atoms. The summed E-state index contributed by atoms with van der Waals surface area (Å²) in [7, 11) is 0. The third-order valence-corrected chi connectivity index (χ3v) is 1.32. The smallest absolute Gasteiger partial charge is 0.0690 e. The zero-order chi connectivity index (χ0) is 5.28. The molecule has 1 atom stereocenters. The summed E-state index contributed by atoms with van der Waals surface area (Å²) in [5, 5.41) is 0. The van der Waals surface area contributed by atoms with Gasteiger partial charge in [-0.3, -0.25) is 0 Å². The van der Waals surface area contributed by atoms with Gasteiger partial charge in [0.05, 0.1) is 6.04 Å². The van der Waals surface area contributed by atoms with E-state index in [1.165, 1.54) is 12.8 Å². The molecular weight excluding hydrogens is 122 g/mol. The molecule has 1 rings (SSSR count). The van der Waals surface area contributed by atoms with Crippen molar-refractivity contribution in [1.29, 1.82) is 0 Å². The minimum absolute atomic E-state index is 0. The molecule has 1 saturated carbocycles. The van der Waals surface area contributed by atoms with Crippen molar-refractivity contribution < 1.29 is 0 Å². The van der Waals surface area contributed by atoms with Gasteiger partial charge >= 0.3 is 0 Å². The fourth-order valence-corrected chi connectivity index (χ4v) is 0.591. The topological polar surface area (TPSA) is 26.0 Å². The van der Waals surface area contributed by atoms with Gasteiger partial charge in [-0.15, -0.1) is 18.8 Å². The Kier molecular flexibility index (Phi) is 2.89. The van der Waals surface area contributed by atoms with Gasteiger partial charge in [0.25, 0.3) is 0 Å². The van der Waals surface area contributed by atoms with Gasteiger partial charge in [0.1, 0.15) is 0 Å². The summed E-state index contributed by atoms with van der Waals surface area (Å²) in [4.78, 5) is 0. The lowest BCUT2D eigenvalue weighted by Crippen LogP contribution is -2.18. The Hall–Kier alpha value is -0.190. The first-order valence-corrected chi connectivity index (χ1v) is 2.56. The maximum Gasteiger partial charge on any atom is 0.0690 e. The van der Waals surface area contributed by atoms with Crippen molar-refractivity contribution in [3.05, 3.63) is 0 Å². The van der Waals surface area contributed by atoms with Gasteiger partial charge in [0.2, 0.25) is 0 Å². The summed E-state index contributed by atoms with van der Waals surface area (Å²) in [5.74, 6) is 3.16. The Morgan fingerprint density at radius 2 is 2.12 bits per heavy atom. The molecular formula is C6H10ClN. The van der Waals surface area contributed by atoms with Crippen molar-refractivity contribution in [1.82, 2.24) is 0 Å². The van der Waals surface area contributed by atoms with Crippen LogP contribution in [0.15, 0.2) is 0 Å². The lowest BCUT2D eigenvalue weighted by atomic mass is 10.2. The second kappa shape index (κ2) is 2.96. The Labute approximate surface area is 56.1 Å². The standard InChI is InChI=1S/C6H9N.ClH/c1-2-6(7)5-3-4-5;/h1,5-6H,3-4,7H2;1H/t6-;/m0./s1. The highest BCUT2D eigenvalue weighted by molar-refractivity contribution is 5.85. The molecule has 0 aliphatic heterocycles. The molecule has 1 nitrogen and oxygen atoms in total. The van der Waals surface area contributed by atoms with Gasteiger partial charge in [-0.25, -0.2) is 0 Å². The number of terminal acetylenes is 1. The summed E-state index contributed by atoms with van der Waals surface area (Å²) in [5.41, 5.74) is 5.44. The Morgan fingerprint density at radius 1 is 1.62 bits per heavy atom. The maximum atomic E-state index is 5.44. The highest BCUT2D eigenvalue weighted by atomic mass is 35.5. The van der Waals surface area contributed by atoms with Gasteiger partial charge in [0.15, 0.2) is 0 Å². The minimum Gasteiger partial charge on any atom is -0.317 e. The van der Waals surface area contributed by atoms with Crippen molar-refractivity contribution in [2.24, 2.45) is 11.7 Å². The third-order valence-electron chi connectivity index (χ3n) is 1.32. The molecule has 2 heteroatoms. The molecule has 0 radical (unpaired) electrons. The SMILES string of the molecule is C#C[C@H](N)C1CC1.Cl. The molecule has 1 fully saturated rings. The van der Waals surface area contributed by atoms with Crippen LogP contribution in [0, 0.1) is 18.3 Å². The summed E-state index contributed by atoms with van der Waals surface area (Å²) in [6.07, 6.45) is 7.52. The van der Waals surface area contributed by atoms with E-state index < -0.39 is 0 Å². The van der Waals surface area contributed by atoms with Crippen molar-refractivity contribution >= 4 is 12.4 Å². The van der Waals surface area contributed by atoms with Crippen LogP contribution in [0.2, 0.25) is 0 Å². The van der Waals surface area contributed by atoms with Crippen LogP contribution in [-0.2, 0) is 0 Å². The van der Waals surface area contributed by atoms with E-state index in [2.05, 4.69) is 5.92 Å². The van der Waals surface area contributed by atoms with Gasteiger partial charge in [0, 0.05) is 0 Å². The molecule has 0 unspecified atom stereocenters. The highest BCUT2D eigenvalue weighted by Crippen LogP contribution is 2.30. The van der Waals surface area contributed by atoms with E-state index in [0.717, 1.165) is 0 Å². The first kappa shape index (κ1) is 7.81. The fraction of sp³-hybridized carbons (Fsp3) is 0.667. The van der Waals surface area contributed by atoms with Crippen molar-refractivity contribution in [2.75, 3.05) is 0 Å². The van der Waals surface area contributed by atoms with E-state index in [-0.39, 0.29) is 18.4 Å². The summed E-state index contributed by atoms with van der Waals surface area (Å²) in [6, 6.07) is 0.0417. The lowest BCUT2D eigenvalue weighted by Gasteiger charge is -1.95. The number of nitrogens with two attached hydrogens (primary N) is 1. The van der Waals surface area contributed by atoms with Crippen LogP contribution in [-0.4, -0.2) is 6.04 Å². The Bertz CT molecular complexity index is 102. The molecule has 1 aliphatic carbocycles. The summed E-state index contributed by atoms with van der Waals surface area (Å²) >= 11 is 0. The zero-order valence-corrected chi connectivity index (χ0v) is 5.45. The van der Waals surface area contributed by atoms with Crippen molar-refractivity contribution in [2.45, 2.75) is 18.9 Å².